The quantitative estimate of drug-likeness (QED) is 0.863. The van der Waals surface area contributed by atoms with Gasteiger partial charge in [-0.3, -0.25) is 4.79 Å². The first-order valence-electron chi connectivity index (χ1n) is 6.16. The Morgan fingerprint density at radius 2 is 2.12 bits per heavy atom. The van der Waals surface area contributed by atoms with Crippen LogP contribution in [0.25, 0.3) is 0 Å². The van der Waals surface area contributed by atoms with Crippen LogP contribution in [0.5, 0.6) is 0 Å². The fourth-order valence-electron chi connectivity index (χ4n) is 1.93. The summed E-state index contributed by atoms with van der Waals surface area (Å²) in [7, 11) is 3.95. The van der Waals surface area contributed by atoms with Crippen LogP contribution >= 0.6 is 0 Å². The minimum atomic E-state index is 0.0353. The monoisotopic (exact) mass is 232 g/mol. The maximum Gasteiger partial charge on any atom is 0.251 e. The molecule has 0 aliphatic heterocycles. The summed E-state index contributed by atoms with van der Waals surface area (Å²) in [6.45, 7) is 2.09. The fraction of sp³-hybridized carbons (Fsp3) is 0.500. The van der Waals surface area contributed by atoms with E-state index in [9.17, 15) is 4.79 Å². The maximum atomic E-state index is 12.0. The van der Waals surface area contributed by atoms with E-state index in [2.05, 4.69) is 12.2 Å². The van der Waals surface area contributed by atoms with E-state index >= 15 is 0 Å². The molecule has 17 heavy (non-hydrogen) atoms. The van der Waals surface area contributed by atoms with E-state index in [1.165, 1.54) is 12.8 Å². The van der Waals surface area contributed by atoms with Crippen molar-refractivity contribution in [1.82, 2.24) is 5.32 Å². The number of hydrogen-bond acceptors (Lipinski definition) is 2. The second kappa shape index (κ2) is 4.78. The number of benzene rings is 1. The lowest BCUT2D eigenvalue weighted by Crippen LogP contribution is -2.34. The van der Waals surface area contributed by atoms with Crippen molar-refractivity contribution >= 4 is 11.6 Å². The second-order valence-corrected chi connectivity index (χ2v) is 5.04. The number of anilines is 1. The number of carbonyl (C=O) groups is 1. The highest BCUT2D eigenvalue weighted by molar-refractivity contribution is 5.95. The first-order chi connectivity index (χ1) is 8.08. The van der Waals surface area contributed by atoms with Gasteiger partial charge in [-0.1, -0.05) is 6.07 Å². The molecule has 1 saturated carbocycles. The second-order valence-electron chi connectivity index (χ2n) is 5.04. The summed E-state index contributed by atoms with van der Waals surface area (Å²) < 4.78 is 0. The van der Waals surface area contributed by atoms with Gasteiger partial charge in [-0.05, 0) is 43.9 Å². The normalized spacial score (nSPS) is 16.4. The zero-order valence-corrected chi connectivity index (χ0v) is 10.7. The molecule has 1 aliphatic rings. The molecule has 0 saturated heterocycles. The number of hydrogen-bond donors (Lipinski definition) is 1. The SMILES string of the molecule is CC(NC(=O)c1cccc(N(C)C)c1)C1CC1. The van der Waals surface area contributed by atoms with Gasteiger partial charge >= 0.3 is 0 Å². The molecule has 0 heterocycles. The molecule has 2 rings (SSSR count). The van der Waals surface area contributed by atoms with Crippen LogP contribution in [0.3, 0.4) is 0 Å². The van der Waals surface area contributed by atoms with Gasteiger partial charge in [0.1, 0.15) is 0 Å². The van der Waals surface area contributed by atoms with Crippen LogP contribution < -0.4 is 10.2 Å². The molecule has 1 aliphatic carbocycles. The predicted octanol–water partition coefficient (Wildman–Crippen LogP) is 2.28. The van der Waals surface area contributed by atoms with E-state index in [1.54, 1.807) is 0 Å². The number of carbonyl (C=O) groups excluding carboxylic acids is 1. The summed E-state index contributed by atoms with van der Waals surface area (Å²) in [6.07, 6.45) is 2.50. The Bertz CT molecular complexity index is 410. The smallest absolute Gasteiger partial charge is 0.251 e. The van der Waals surface area contributed by atoms with Crippen molar-refractivity contribution in [2.45, 2.75) is 25.8 Å². The van der Waals surface area contributed by atoms with Gasteiger partial charge in [-0.25, -0.2) is 0 Å². The van der Waals surface area contributed by atoms with Crippen LogP contribution in [0, 0.1) is 5.92 Å². The summed E-state index contributed by atoms with van der Waals surface area (Å²) in [5, 5.41) is 3.07. The lowest BCUT2D eigenvalue weighted by atomic mass is 10.1. The Hall–Kier alpha value is -1.51. The topological polar surface area (TPSA) is 32.3 Å². The first-order valence-corrected chi connectivity index (χ1v) is 6.16. The lowest BCUT2D eigenvalue weighted by molar-refractivity contribution is 0.0936. The van der Waals surface area contributed by atoms with Crippen molar-refractivity contribution in [1.29, 1.82) is 0 Å². The Morgan fingerprint density at radius 3 is 2.71 bits per heavy atom. The Kier molecular flexibility index (Phi) is 3.36. The van der Waals surface area contributed by atoms with Gasteiger partial charge in [0.2, 0.25) is 0 Å². The molecular formula is C14H20N2O. The molecule has 1 atom stereocenters. The number of amides is 1. The largest absolute Gasteiger partial charge is 0.378 e. The van der Waals surface area contributed by atoms with Crippen molar-refractivity contribution < 1.29 is 4.79 Å². The van der Waals surface area contributed by atoms with Crippen molar-refractivity contribution in [3.63, 3.8) is 0 Å². The Labute approximate surface area is 103 Å². The lowest BCUT2D eigenvalue weighted by Gasteiger charge is -2.15. The minimum absolute atomic E-state index is 0.0353. The molecule has 0 spiro atoms. The van der Waals surface area contributed by atoms with Crippen molar-refractivity contribution in [2.75, 3.05) is 19.0 Å². The zero-order chi connectivity index (χ0) is 12.4. The third-order valence-electron chi connectivity index (χ3n) is 3.31. The van der Waals surface area contributed by atoms with Crippen LogP contribution in [-0.4, -0.2) is 26.0 Å². The molecule has 1 amide bonds. The van der Waals surface area contributed by atoms with Crippen molar-refractivity contribution in [2.24, 2.45) is 5.92 Å². The van der Waals surface area contributed by atoms with Crippen LogP contribution in [0.4, 0.5) is 5.69 Å². The highest BCUT2D eigenvalue weighted by atomic mass is 16.1. The Balaban J connectivity index is 2.05. The van der Waals surface area contributed by atoms with Crippen molar-refractivity contribution in [3.05, 3.63) is 29.8 Å². The van der Waals surface area contributed by atoms with Gasteiger partial charge in [0, 0.05) is 31.4 Å². The molecule has 92 valence electrons. The Morgan fingerprint density at radius 1 is 1.41 bits per heavy atom. The van der Waals surface area contributed by atoms with E-state index in [0.717, 1.165) is 11.3 Å². The first kappa shape index (κ1) is 12.0. The van der Waals surface area contributed by atoms with Crippen LogP contribution in [-0.2, 0) is 0 Å². The maximum absolute atomic E-state index is 12.0. The average molecular weight is 232 g/mol. The van der Waals surface area contributed by atoms with E-state index in [0.29, 0.717) is 12.0 Å². The van der Waals surface area contributed by atoms with E-state index in [4.69, 9.17) is 0 Å². The van der Waals surface area contributed by atoms with Gasteiger partial charge in [0.25, 0.3) is 5.91 Å². The summed E-state index contributed by atoms with van der Waals surface area (Å²) in [5.74, 6) is 0.726. The van der Waals surface area contributed by atoms with Gasteiger partial charge in [0.15, 0.2) is 0 Å². The van der Waals surface area contributed by atoms with Gasteiger partial charge < -0.3 is 10.2 Å². The summed E-state index contributed by atoms with van der Waals surface area (Å²) in [5.41, 5.74) is 1.79. The molecule has 1 unspecified atom stereocenters. The number of nitrogens with zero attached hydrogens (tertiary/aromatic N) is 1. The van der Waals surface area contributed by atoms with Crippen LogP contribution in [0.2, 0.25) is 0 Å². The molecule has 3 nitrogen and oxygen atoms in total. The zero-order valence-electron chi connectivity index (χ0n) is 10.7. The fourth-order valence-corrected chi connectivity index (χ4v) is 1.93. The third-order valence-corrected chi connectivity index (χ3v) is 3.31. The molecule has 0 bridgehead atoms. The van der Waals surface area contributed by atoms with E-state index in [1.807, 2.05) is 43.3 Å². The van der Waals surface area contributed by atoms with E-state index in [-0.39, 0.29) is 5.91 Å². The molecule has 1 N–H and O–H groups in total. The predicted molar refractivity (Wildman–Crippen MR) is 70.4 cm³/mol. The van der Waals surface area contributed by atoms with E-state index < -0.39 is 0 Å². The molecule has 1 fully saturated rings. The van der Waals surface area contributed by atoms with Crippen LogP contribution in [0.1, 0.15) is 30.1 Å². The van der Waals surface area contributed by atoms with Crippen LogP contribution in [0.15, 0.2) is 24.3 Å². The summed E-state index contributed by atoms with van der Waals surface area (Å²) in [4.78, 5) is 14.0. The standard InChI is InChI=1S/C14H20N2O/c1-10(11-7-8-11)15-14(17)12-5-4-6-13(9-12)16(2)3/h4-6,9-11H,7-8H2,1-3H3,(H,15,17). The molecule has 0 radical (unpaired) electrons. The summed E-state index contributed by atoms with van der Waals surface area (Å²) >= 11 is 0. The third kappa shape index (κ3) is 2.99. The molecular weight excluding hydrogens is 212 g/mol. The number of nitrogens with one attached hydrogen (secondary N) is 1. The van der Waals surface area contributed by atoms with Gasteiger partial charge in [-0.15, -0.1) is 0 Å². The molecule has 1 aromatic carbocycles. The van der Waals surface area contributed by atoms with Gasteiger partial charge in [0.05, 0.1) is 0 Å². The van der Waals surface area contributed by atoms with Gasteiger partial charge in [-0.2, -0.15) is 0 Å². The van der Waals surface area contributed by atoms with Crippen molar-refractivity contribution in [3.8, 4) is 0 Å². The molecule has 1 aromatic rings. The highest BCUT2D eigenvalue weighted by Crippen LogP contribution is 2.32. The highest BCUT2D eigenvalue weighted by Gasteiger charge is 2.29. The average Bonchev–Trinajstić information content (AvgIpc) is 3.12. The number of rotatable bonds is 4. The molecule has 0 aromatic heterocycles. The molecule has 3 heteroatoms. The summed E-state index contributed by atoms with van der Waals surface area (Å²) in [6, 6.07) is 8.01. The minimum Gasteiger partial charge on any atom is -0.378 e.